The zero-order valence-electron chi connectivity index (χ0n) is 14.2. The van der Waals surface area contributed by atoms with Crippen LogP contribution in [0.1, 0.15) is 53.6 Å². The summed E-state index contributed by atoms with van der Waals surface area (Å²) in [5, 5.41) is 0. The van der Waals surface area contributed by atoms with Crippen molar-refractivity contribution in [1.82, 2.24) is 10.3 Å². The van der Waals surface area contributed by atoms with Gasteiger partial charge in [0.25, 0.3) is 15.9 Å². The van der Waals surface area contributed by atoms with Crippen molar-refractivity contribution in [2.75, 3.05) is 0 Å². The first-order valence-electron chi connectivity index (χ1n) is 7.73. The fourth-order valence-electron chi connectivity index (χ4n) is 2.31. The number of hydrazine groups is 1. The summed E-state index contributed by atoms with van der Waals surface area (Å²) >= 11 is 0. The molecule has 7 heteroatoms. The second kappa shape index (κ2) is 7.19. The Labute approximate surface area is 142 Å². The number of furan rings is 1. The maximum absolute atomic E-state index is 12.3. The maximum Gasteiger partial charge on any atom is 0.269 e. The quantitative estimate of drug-likeness (QED) is 0.784. The van der Waals surface area contributed by atoms with Crippen molar-refractivity contribution in [3.8, 4) is 0 Å². The second-order valence-corrected chi connectivity index (χ2v) is 7.45. The van der Waals surface area contributed by atoms with Gasteiger partial charge in [0.05, 0.1) is 10.5 Å². The number of hydrogen-bond acceptors (Lipinski definition) is 4. The highest BCUT2D eigenvalue weighted by atomic mass is 32.2. The fraction of sp³-hybridized carbons (Fsp3) is 0.353. The normalized spacial score (nSPS) is 12.8. The molecule has 6 nitrogen and oxygen atoms in total. The van der Waals surface area contributed by atoms with Crippen LogP contribution < -0.4 is 10.3 Å². The van der Waals surface area contributed by atoms with Crippen molar-refractivity contribution in [3.63, 3.8) is 0 Å². The summed E-state index contributed by atoms with van der Waals surface area (Å²) in [4.78, 5) is 14.2. The van der Waals surface area contributed by atoms with E-state index >= 15 is 0 Å². The predicted octanol–water partition coefficient (Wildman–Crippen LogP) is 3.03. The van der Waals surface area contributed by atoms with Gasteiger partial charge in [-0.15, -0.1) is 4.83 Å². The van der Waals surface area contributed by atoms with E-state index in [2.05, 4.69) is 24.1 Å². The van der Waals surface area contributed by atoms with E-state index in [1.165, 1.54) is 12.1 Å². The van der Waals surface area contributed by atoms with Crippen LogP contribution in [-0.4, -0.2) is 14.3 Å². The largest absolute Gasteiger partial charge is 0.466 e. The Balaban J connectivity index is 2.08. The average molecular weight is 350 g/mol. The standard InChI is InChI=1S/C17H22N2O4S/c1-5-11(2)14-6-8-15(9-7-14)24(21,22)19-18-17(20)16-10-12(3)23-13(16)4/h6-11,19H,5H2,1-4H3,(H,18,20). The van der Waals surface area contributed by atoms with E-state index in [0.717, 1.165) is 12.0 Å². The topological polar surface area (TPSA) is 88.4 Å². The number of rotatable bonds is 6. The molecule has 0 aliphatic carbocycles. The van der Waals surface area contributed by atoms with Gasteiger partial charge in [0.15, 0.2) is 0 Å². The van der Waals surface area contributed by atoms with E-state index in [0.29, 0.717) is 23.0 Å². The van der Waals surface area contributed by atoms with Crippen LogP contribution in [-0.2, 0) is 10.0 Å². The first-order valence-corrected chi connectivity index (χ1v) is 9.22. The first kappa shape index (κ1) is 18.2. The van der Waals surface area contributed by atoms with Crippen LogP contribution in [0.4, 0.5) is 0 Å². The molecule has 0 aliphatic heterocycles. The molecule has 0 radical (unpaired) electrons. The van der Waals surface area contributed by atoms with Crippen molar-refractivity contribution in [1.29, 1.82) is 0 Å². The minimum atomic E-state index is -3.83. The van der Waals surface area contributed by atoms with Gasteiger partial charge in [-0.1, -0.05) is 26.0 Å². The molecule has 0 spiro atoms. The molecule has 1 aromatic heterocycles. The summed E-state index contributed by atoms with van der Waals surface area (Å²) in [6.07, 6.45) is 0.976. The fourth-order valence-corrected chi connectivity index (χ4v) is 3.15. The Morgan fingerprint density at radius 2 is 1.83 bits per heavy atom. The minimum Gasteiger partial charge on any atom is -0.466 e. The van der Waals surface area contributed by atoms with Gasteiger partial charge in [-0.05, 0) is 49.9 Å². The van der Waals surface area contributed by atoms with Crippen molar-refractivity contribution < 1.29 is 17.6 Å². The third-order valence-electron chi connectivity index (χ3n) is 3.96. The predicted molar refractivity (Wildman–Crippen MR) is 91.1 cm³/mol. The highest BCUT2D eigenvalue weighted by Gasteiger charge is 2.18. The molecule has 2 aromatic rings. The molecule has 0 saturated carbocycles. The number of carbonyl (C=O) groups excluding carboxylic acids is 1. The molecule has 0 aliphatic rings. The van der Waals surface area contributed by atoms with E-state index < -0.39 is 15.9 Å². The lowest BCUT2D eigenvalue weighted by molar-refractivity contribution is 0.0943. The summed E-state index contributed by atoms with van der Waals surface area (Å²) in [5.74, 6) is 0.814. The zero-order valence-corrected chi connectivity index (χ0v) is 15.0. The number of hydrogen-bond donors (Lipinski definition) is 2. The molecule has 1 heterocycles. The molecule has 2 rings (SSSR count). The number of amides is 1. The molecule has 0 fully saturated rings. The highest BCUT2D eigenvalue weighted by Crippen LogP contribution is 2.20. The molecule has 2 N–H and O–H groups in total. The molecule has 130 valence electrons. The number of sulfonamides is 1. The Hall–Kier alpha value is -2.12. The molecule has 1 aromatic carbocycles. The first-order chi connectivity index (χ1) is 11.2. The Morgan fingerprint density at radius 1 is 1.21 bits per heavy atom. The average Bonchev–Trinajstić information content (AvgIpc) is 2.90. The lowest BCUT2D eigenvalue weighted by Gasteiger charge is -2.11. The summed E-state index contributed by atoms with van der Waals surface area (Å²) in [6.45, 7) is 7.51. The number of aryl methyl sites for hydroxylation is 2. The Bertz CT molecular complexity index is 823. The molecule has 1 atom stereocenters. The molecular weight excluding hydrogens is 328 g/mol. The van der Waals surface area contributed by atoms with Crippen molar-refractivity contribution in [2.45, 2.75) is 44.9 Å². The van der Waals surface area contributed by atoms with Gasteiger partial charge in [0.1, 0.15) is 11.5 Å². The van der Waals surface area contributed by atoms with Gasteiger partial charge in [0, 0.05) is 0 Å². The van der Waals surface area contributed by atoms with Crippen molar-refractivity contribution in [2.24, 2.45) is 0 Å². The van der Waals surface area contributed by atoms with Crippen LogP contribution in [0.25, 0.3) is 0 Å². The Kier molecular flexibility index (Phi) is 5.46. The summed E-state index contributed by atoms with van der Waals surface area (Å²) in [5.41, 5.74) is 3.57. The molecule has 1 unspecified atom stereocenters. The minimum absolute atomic E-state index is 0.0925. The van der Waals surface area contributed by atoms with Crippen LogP contribution in [0.15, 0.2) is 39.6 Å². The third-order valence-corrected chi connectivity index (χ3v) is 5.22. The second-order valence-electron chi connectivity index (χ2n) is 5.76. The number of benzene rings is 1. The van der Waals surface area contributed by atoms with Gasteiger partial charge in [-0.2, -0.15) is 0 Å². The summed E-state index contributed by atoms with van der Waals surface area (Å²) in [6, 6.07) is 8.19. The lowest BCUT2D eigenvalue weighted by Crippen LogP contribution is -2.41. The van der Waals surface area contributed by atoms with Gasteiger partial charge >= 0.3 is 0 Å². The molecule has 1 amide bonds. The van der Waals surface area contributed by atoms with Crippen LogP contribution in [0.2, 0.25) is 0 Å². The molecular formula is C17H22N2O4S. The summed E-state index contributed by atoms with van der Waals surface area (Å²) < 4.78 is 29.8. The van der Waals surface area contributed by atoms with Crippen molar-refractivity contribution >= 4 is 15.9 Å². The SMILES string of the molecule is CCC(C)c1ccc(S(=O)(=O)NNC(=O)c2cc(C)oc2C)cc1. The molecule has 0 saturated heterocycles. The van der Waals surface area contributed by atoms with Gasteiger partial charge in [0.2, 0.25) is 0 Å². The third kappa shape index (κ3) is 4.04. The van der Waals surface area contributed by atoms with Crippen molar-refractivity contribution in [3.05, 3.63) is 53.0 Å². The molecule has 0 bridgehead atoms. The highest BCUT2D eigenvalue weighted by molar-refractivity contribution is 7.89. The van der Waals surface area contributed by atoms with E-state index in [1.54, 1.807) is 32.0 Å². The monoisotopic (exact) mass is 350 g/mol. The van der Waals surface area contributed by atoms with E-state index in [4.69, 9.17) is 4.42 Å². The van der Waals surface area contributed by atoms with Gasteiger partial charge in [-0.3, -0.25) is 10.2 Å². The van der Waals surface area contributed by atoms with Crippen LogP contribution >= 0.6 is 0 Å². The Morgan fingerprint density at radius 3 is 2.33 bits per heavy atom. The molecule has 24 heavy (non-hydrogen) atoms. The zero-order chi connectivity index (χ0) is 17.9. The van der Waals surface area contributed by atoms with E-state index in [-0.39, 0.29) is 4.90 Å². The van der Waals surface area contributed by atoms with Gasteiger partial charge < -0.3 is 4.42 Å². The summed E-state index contributed by atoms with van der Waals surface area (Å²) in [7, 11) is -3.83. The van der Waals surface area contributed by atoms with Crippen LogP contribution in [0, 0.1) is 13.8 Å². The maximum atomic E-state index is 12.3. The lowest BCUT2D eigenvalue weighted by atomic mass is 9.99. The van der Waals surface area contributed by atoms with Crippen LogP contribution in [0.3, 0.4) is 0 Å². The number of nitrogens with one attached hydrogen (secondary N) is 2. The van der Waals surface area contributed by atoms with E-state index in [1.807, 2.05) is 0 Å². The van der Waals surface area contributed by atoms with Crippen LogP contribution in [0.5, 0.6) is 0 Å². The van der Waals surface area contributed by atoms with Gasteiger partial charge in [-0.25, -0.2) is 8.42 Å². The smallest absolute Gasteiger partial charge is 0.269 e. The number of carbonyl (C=O) groups is 1. The van der Waals surface area contributed by atoms with E-state index in [9.17, 15) is 13.2 Å².